The van der Waals surface area contributed by atoms with Crippen molar-refractivity contribution in [3.05, 3.63) is 0 Å². The SMILES string of the molecule is O=CCN1CC2CC1CN2. The van der Waals surface area contributed by atoms with E-state index in [0.717, 1.165) is 19.4 Å². The molecule has 0 aliphatic carbocycles. The summed E-state index contributed by atoms with van der Waals surface area (Å²) in [6.07, 6.45) is 2.24. The third kappa shape index (κ3) is 0.859. The molecular weight excluding hydrogens is 128 g/mol. The van der Waals surface area contributed by atoms with E-state index in [-0.39, 0.29) is 0 Å². The molecule has 2 heterocycles. The summed E-state index contributed by atoms with van der Waals surface area (Å²) in [6.45, 7) is 2.78. The lowest BCUT2D eigenvalue weighted by Crippen LogP contribution is -2.44. The highest BCUT2D eigenvalue weighted by atomic mass is 16.1. The summed E-state index contributed by atoms with van der Waals surface area (Å²) in [6, 6.07) is 1.32. The fourth-order valence-electron chi connectivity index (χ4n) is 1.97. The molecule has 10 heavy (non-hydrogen) atoms. The summed E-state index contributed by atoms with van der Waals surface area (Å²) in [5.74, 6) is 0. The highest BCUT2D eigenvalue weighted by molar-refractivity contribution is 5.52. The first kappa shape index (κ1) is 6.31. The van der Waals surface area contributed by atoms with Crippen molar-refractivity contribution in [2.24, 2.45) is 0 Å². The fourth-order valence-corrected chi connectivity index (χ4v) is 1.97. The molecular formula is C7H12N2O. The highest BCUT2D eigenvalue weighted by Crippen LogP contribution is 2.21. The predicted octanol–water partition coefficient (Wildman–Crippen LogP) is -0.769. The van der Waals surface area contributed by atoms with Gasteiger partial charge in [0.25, 0.3) is 0 Å². The van der Waals surface area contributed by atoms with Gasteiger partial charge in [0.1, 0.15) is 6.29 Å². The molecule has 2 atom stereocenters. The monoisotopic (exact) mass is 140 g/mol. The van der Waals surface area contributed by atoms with Crippen molar-refractivity contribution in [2.75, 3.05) is 19.6 Å². The molecule has 3 nitrogen and oxygen atoms in total. The minimum Gasteiger partial charge on any atom is -0.311 e. The van der Waals surface area contributed by atoms with Crippen molar-refractivity contribution in [1.82, 2.24) is 10.2 Å². The second-order valence-electron chi connectivity index (χ2n) is 3.12. The number of carbonyl (C=O) groups excluding carboxylic acids is 1. The van der Waals surface area contributed by atoms with Crippen molar-refractivity contribution < 1.29 is 4.79 Å². The Labute approximate surface area is 60.4 Å². The van der Waals surface area contributed by atoms with Gasteiger partial charge in [0.2, 0.25) is 0 Å². The number of likely N-dealkylation sites (tertiary alicyclic amines) is 1. The van der Waals surface area contributed by atoms with Crippen molar-refractivity contribution >= 4 is 6.29 Å². The Kier molecular flexibility index (Phi) is 1.47. The van der Waals surface area contributed by atoms with Gasteiger partial charge in [-0.2, -0.15) is 0 Å². The van der Waals surface area contributed by atoms with Gasteiger partial charge in [-0.1, -0.05) is 0 Å². The van der Waals surface area contributed by atoms with Crippen LogP contribution < -0.4 is 5.32 Å². The molecule has 2 aliphatic heterocycles. The van der Waals surface area contributed by atoms with E-state index in [1.165, 1.54) is 6.42 Å². The largest absolute Gasteiger partial charge is 0.311 e. The standard InChI is InChI=1S/C7H12N2O/c10-2-1-9-5-6-3-7(9)4-8-6/h2,6-8H,1,3-5H2. The van der Waals surface area contributed by atoms with Crippen LogP contribution in [0.25, 0.3) is 0 Å². The average molecular weight is 140 g/mol. The van der Waals surface area contributed by atoms with E-state index in [4.69, 9.17) is 0 Å². The molecule has 2 aliphatic rings. The zero-order chi connectivity index (χ0) is 6.97. The molecule has 1 N–H and O–H groups in total. The third-order valence-electron chi connectivity index (χ3n) is 2.48. The van der Waals surface area contributed by atoms with Crippen molar-refractivity contribution in [3.8, 4) is 0 Å². The maximum atomic E-state index is 10.2. The second kappa shape index (κ2) is 2.32. The van der Waals surface area contributed by atoms with Gasteiger partial charge in [0, 0.05) is 25.2 Å². The van der Waals surface area contributed by atoms with Gasteiger partial charge in [-0.3, -0.25) is 4.90 Å². The molecule has 2 unspecified atom stereocenters. The Bertz CT molecular complexity index is 149. The van der Waals surface area contributed by atoms with Crippen LogP contribution in [0.1, 0.15) is 6.42 Å². The van der Waals surface area contributed by atoms with Crippen molar-refractivity contribution in [1.29, 1.82) is 0 Å². The molecule has 0 radical (unpaired) electrons. The lowest BCUT2D eigenvalue weighted by atomic mass is 10.2. The zero-order valence-corrected chi connectivity index (χ0v) is 5.92. The van der Waals surface area contributed by atoms with Crippen LogP contribution in [0, 0.1) is 0 Å². The molecule has 0 aromatic carbocycles. The molecule has 2 bridgehead atoms. The van der Waals surface area contributed by atoms with Crippen LogP contribution >= 0.6 is 0 Å². The summed E-state index contributed by atoms with van der Waals surface area (Å²) in [5, 5.41) is 3.39. The highest BCUT2D eigenvalue weighted by Gasteiger charge is 2.36. The predicted molar refractivity (Wildman–Crippen MR) is 37.8 cm³/mol. The molecule has 2 fully saturated rings. The maximum Gasteiger partial charge on any atom is 0.133 e. The lowest BCUT2D eigenvalue weighted by molar-refractivity contribution is -0.109. The number of aldehydes is 1. The van der Waals surface area contributed by atoms with Gasteiger partial charge >= 0.3 is 0 Å². The van der Waals surface area contributed by atoms with Crippen LogP contribution in [-0.2, 0) is 4.79 Å². The second-order valence-corrected chi connectivity index (χ2v) is 3.12. The number of hydrogen-bond donors (Lipinski definition) is 1. The van der Waals surface area contributed by atoms with Gasteiger partial charge in [0.15, 0.2) is 0 Å². The van der Waals surface area contributed by atoms with Gasteiger partial charge in [-0.05, 0) is 6.42 Å². The number of piperazine rings is 1. The summed E-state index contributed by atoms with van der Waals surface area (Å²) in [7, 11) is 0. The fraction of sp³-hybridized carbons (Fsp3) is 0.857. The van der Waals surface area contributed by atoms with Crippen LogP contribution in [0.3, 0.4) is 0 Å². The Morgan fingerprint density at radius 1 is 1.70 bits per heavy atom. The van der Waals surface area contributed by atoms with E-state index in [1.807, 2.05) is 0 Å². The molecule has 3 heteroatoms. The van der Waals surface area contributed by atoms with Crippen molar-refractivity contribution in [3.63, 3.8) is 0 Å². The first-order valence-corrected chi connectivity index (χ1v) is 3.81. The molecule has 2 saturated heterocycles. The normalized spacial score (nSPS) is 38.8. The van der Waals surface area contributed by atoms with Crippen LogP contribution in [0.4, 0.5) is 0 Å². The molecule has 0 spiro atoms. The first-order chi connectivity index (χ1) is 4.90. The Morgan fingerprint density at radius 2 is 2.60 bits per heavy atom. The number of hydrogen-bond acceptors (Lipinski definition) is 3. The van der Waals surface area contributed by atoms with Gasteiger partial charge in [-0.25, -0.2) is 0 Å². The molecule has 0 amide bonds. The zero-order valence-electron chi connectivity index (χ0n) is 5.92. The topological polar surface area (TPSA) is 32.3 Å². The van der Waals surface area contributed by atoms with Crippen molar-refractivity contribution in [2.45, 2.75) is 18.5 Å². The molecule has 0 aromatic rings. The van der Waals surface area contributed by atoms with Crippen LogP contribution in [0.2, 0.25) is 0 Å². The molecule has 56 valence electrons. The number of nitrogens with zero attached hydrogens (tertiary/aromatic N) is 1. The van der Waals surface area contributed by atoms with E-state index in [0.29, 0.717) is 18.6 Å². The quantitative estimate of drug-likeness (QED) is 0.511. The number of rotatable bonds is 2. The first-order valence-electron chi connectivity index (χ1n) is 3.81. The van der Waals surface area contributed by atoms with E-state index in [9.17, 15) is 4.79 Å². The van der Waals surface area contributed by atoms with E-state index < -0.39 is 0 Å². The summed E-state index contributed by atoms with van der Waals surface area (Å²) in [4.78, 5) is 12.4. The number of nitrogens with one attached hydrogen (secondary N) is 1. The van der Waals surface area contributed by atoms with Gasteiger partial charge < -0.3 is 10.1 Å². The minimum atomic E-state index is 0.628. The Morgan fingerprint density at radius 3 is 3.10 bits per heavy atom. The summed E-state index contributed by atoms with van der Waals surface area (Å²) in [5.41, 5.74) is 0. The number of carbonyl (C=O) groups is 1. The van der Waals surface area contributed by atoms with E-state index in [1.54, 1.807) is 0 Å². The molecule has 0 saturated carbocycles. The Hall–Kier alpha value is -0.410. The smallest absolute Gasteiger partial charge is 0.133 e. The third-order valence-corrected chi connectivity index (χ3v) is 2.48. The van der Waals surface area contributed by atoms with E-state index in [2.05, 4.69) is 10.2 Å². The maximum absolute atomic E-state index is 10.2. The number of fused-ring (bicyclic) bond motifs is 2. The lowest BCUT2D eigenvalue weighted by Gasteiger charge is -2.24. The van der Waals surface area contributed by atoms with Gasteiger partial charge in [0.05, 0.1) is 6.54 Å². The molecule has 0 aromatic heterocycles. The summed E-state index contributed by atoms with van der Waals surface area (Å²) < 4.78 is 0. The van der Waals surface area contributed by atoms with E-state index >= 15 is 0 Å². The molecule has 2 rings (SSSR count). The van der Waals surface area contributed by atoms with Crippen LogP contribution in [-0.4, -0.2) is 42.9 Å². The van der Waals surface area contributed by atoms with Crippen LogP contribution in [0.15, 0.2) is 0 Å². The van der Waals surface area contributed by atoms with Gasteiger partial charge in [-0.15, -0.1) is 0 Å². The Balaban J connectivity index is 1.95. The average Bonchev–Trinajstić information content (AvgIpc) is 2.48. The minimum absolute atomic E-state index is 0.628. The summed E-state index contributed by atoms with van der Waals surface area (Å²) >= 11 is 0. The van der Waals surface area contributed by atoms with Crippen LogP contribution in [0.5, 0.6) is 0 Å².